The molecule has 4 heteroatoms. The molecule has 2 N–H and O–H groups in total. The maximum Gasteiger partial charge on any atom is 0.188 e. The Morgan fingerprint density at radius 2 is 1.77 bits per heavy atom. The molecule has 0 aliphatic heterocycles. The molecule has 3 aromatic carbocycles. The van der Waals surface area contributed by atoms with Crippen LogP contribution in [0.5, 0.6) is 5.75 Å². The van der Waals surface area contributed by atoms with Crippen LogP contribution >= 0.6 is 0 Å². The molecule has 0 saturated carbocycles. The number of hydrogen-bond donors (Lipinski definition) is 2. The van der Waals surface area contributed by atoms with Crippen molar-refractivity contribution < 1.29 is 5.11 Å². The van der Waals surface area contributed by atoms with Crippen molar-refractivity contribution in [1.82, 2.24) is 10.2 Å². The standard InChI is InChI=1S/C18H11N3O/c1-19-14-5-7-17-16(10-14)18(21-20-17)13-3-2-12-9-15(22)6-4-11(12)8-13/h2-10,22H,(H,20,21). The first-order chi connectivity index (χ1) is 10.7. The van der Waals surface area contributed by atoms with Crippen LogP contribution in [0, 0.1) is 6.57 Å². The number of aromatic hydroxyl groups is 1. The Morgan fingerprint density at radius 3 is 2.64 bits per heavy atom. The summed E-state index contributed by atoms with van der Waals surface area (Å²) in [5.74, 6) is 0.257. The van der Waals surface area contributed by atoms with Crippen molar-refractivity contribution in [2.75, 3.05) is 0 Å². The molecular formula is C18H11N3O. The number of H-pyrrole nitrogens is 1. The van der Waals surface area contributed by atoms with Gasteiger partial charge in [0.15, 0.2) is 5.69 Å². The van der Waals surface area contributed by atoms with E-state index in [0.717, 1.165) is 32.9 Å². The monoisotopic (exact) mass is 285 g/mol. The van der Waals surface area contributed by atoms with Crippen molar-refractivity contribution in [3.05, 3.63) is 66.0 Å². The zero-order valence-corrected chi connectivity index (χ0v) is 11.5. The zero-order chi connectivity index (χ0) is 15.1. The Bertz CT molecular complexity index is 1060. The van der Waals surface area contributed by atoms with Crippen LogP contribution in [0.4, 0.5) is 5.69 Å². The van der Waals surface area contributed by atoms with Crippen LogP contribution < -0.4 is 0 Å². The Labute approximate surface area is 126 Å². The highest BCUT2D eigenvalue weighted by molar-refractivity contribution is 5.97. The average Bonchev–Trinajstić information content (AvgIpc) is 2.97. The molecule has 0 unspecified atom stereocenters. The van der Waals surface area contributed by atoms with Crippen LogP contribution in [0.3, 0.4) is 0 Å². The van der Waals surface area contributed by atoms with Gasteiger partial charge < -0.3 is 5.11 Å². The van der Waals surface area contributed by atoms with Gasteiger partial charge in [0.2, 0.25) is 0 Å². The number of aromatic nitrogens is 2. The maximum absolute atomic E-state index is 9.54. The minimum atomic E-state index is 0.257. The molecule has 4 rings (SSSR count). The van der Waals surface area contributed by atoms with Crippen molar-refractivity contribution in [3.8, 4) is 17.0 Å². The molecule has 22 heavy (non-hydrogen) atoms. The van der Waals surface area contributed by atoms with Gasteiger partial charge in [0.1, 0.15) is 5.75 Å². The lowest BCUT2D eigenvalue weighted by Gasteiger charge is -2.03. The summed E-state index contributed by atoms with van der Waals surface area (Å²) in [7, 11) is 0. The highest BCUT2D eigenvalue weighted by Crippen LogP contribution is 2.31. The largest absolute Gasteiger partial charge is 0.508 e. The Balaban J connectivity index is 1.95. The third-order valence-electron chi connectivity index (χ3n) is 3.77. The molecular weight excluding hydrogens is 274 g/mol. The first-order valence-corrected chi connectivity index (χ1v) is 6.83. The van der Waals surface area contributed by atoms with Crippen LogP contribution in [0.1, 0.15) is 0 Å². The van der Waals surface area contributed by atoms with Gasteiger partial charge in [-0.05, 0) is 41.1 Å². The summed E-state index contributed by atoms with van der Waals surface area (Å²) in [4.78, 5) is 3.48. The summed E-state index contributed by atoms with van der Waals surface area (Å²) in [6.45, 7) is 7.15. The smallest absolute Gasteiger partial charge is 0.188 e. The predicted molar refractivity (Wildman–Crippen MR) is 87.0 cm³/mol. The second-order valence-corrected chi connectivity index (χ2v) is 5.16. The summed E-state index contributed by atoms with van der Waals surface area (Å²) in [6, 6.07) is 16.8. The van der Waals surface area contributed by atoms with Crippen molar-refractivity contribution >= 4 is 27.4 Å². The van der Waals surface area contributed by atoms with Crippen molar-refractivity contribution in [1.29, 1.82) is 0 Å². The summed E-state index contributed by atoms with van der Waals surface area (Å²) < 4.78 is 0. The number of nitrogens with zero attached hydrogens (tertiary/aromatic N) is 2. The molecule has 1 heterocycles. The fraction of sp³-hybridized carbons (Fsp3) is 0. The Kier molecular flexibility index (Phi) is 2.60. The molecule has 0 bridgehead atoms. The first kappa shape index (κ1) is 12.4. The fourth-order valence-corrected chi connectivity index (χ4v) is 2.67. The first-order valence-electron chi connectivity index (χ1n) is 6.83. The second-order valence-electron chi connectivity index (χ2n) is 5.16. The summed E-state index contributed by atoms with van der Waals surface area (Å²) in [6.07, 6.45) is 0. The fourth-order valence-electron chi connectivity index (χ4n) is 2.67. The van der Waals surface area contributed by atoms with Crippen molar-refractivity contribution in [3.63, 3.8) is 0 Å². The number of phenols is 1. The number of phenolic OH excluding ortho intramolecular Hbond substituents is 1. The quantitative estimate of drug-likeness (QED) is 0.500. The molecule has 0 amide bonds. The van der Waals surface area contributed by atoms with E-state index in [4.69, 9.17) is 6.57 Å². The van der Waals surface area contributed by atoms with Gasteiger partial charge in [-0.2, -0.15) is 5.10 Å². The van der Waals surface area contributed by atoms with Gasteiger partial charge >= 0.3 is 0 Å². The van der Waals surface area contributed by atoms with Gasteiger partial charge in [-0.3, -0.25) is 5.10 Å². The van der Waals surface area contributed by atoms with E-state index in [0.29, 0.717) is 5.69 Å². The van der Waals surface area contributed by atoms with E-state index in [2.05, 4.69) is 15.0 Å². The van der Waals surface area contributed by atoms with Crippen LogP contribution in [-0.2, 0) is 0 Å². The minimum Gasteiger partial charge on any atom is -0.508 e. The van der Waals surface area contributed by atoms with Gasteiger partial charge in [-0.25, -0.2) is 4.85 Å². The third kappa shape index (κ3) is 1.88. The number of rotatable bonds is 1. The number of fused-ring (bicyclic) bond motifs is 2. The number of aromatic amines is 1. The molecule has 0 fully saturated rings. The summed E-state index contributed by atoms with van der Waals surface area (Å²) >= 11 is 0. The van der Waals surface area contributed by atoms with Gasteiger partial charge in [0.25, 0.3) is 0 Å². The van der Waals surface area contributed by atoms with E-state index in [1.807, 2.05) is 36.4 Å². The van der Waals surface area contributed by atoms with Crippen LogP contribution in [-0.4, -0.2) is 15.3 Å². The maximum atomic E-state index is 9.54. The molecule has 0 spiro atoms. The normalized spacial score (nSPS) is 10.9. The van der Waals surface area contributed by atoms with Gasteiger partial charge in [0.05, 0.1) is 17.8 Å². The van der Waals surface area contributed by atoms with Gasteiger partial charge in [-0.15, -0.1) is 0 Å². The van der Waals surface area contributed by atoms with Crippen molar-refractivity contribution in [2.45, 2.75) is 0 Å². The Morgan fingerprint density at radius 1 is 0.955 bits per heavy atom. The topological polar surface area (TPSA) is 53.3 Å². The molecule has 0 radical (unpaired) electrons. The Hall–Kier alpha value is -3.32. The SMILES string of the molecule is [C-]#[N+]c1ccc2[nH]nc(-c3ccc4cc(O)ccc4c3)c2c1. The molecule has 104 valence electrons. The molecule has 0 aliphatic rings. The van der Waals surface area contributed by atoms with E-state index in [9.17, 15) is 5.11 Å². The van der Waals surface area contributed by atoms with Gasteiger partial charge in [-0.1, -0.05) is 24.3 Å². The summed E-state index contributed by atoms with van der Waals surface area (Å²) in [5, 5.41) is 19.9. The third-order valence-corrected chi connectivity index (χ3v) is 3.77. The lowest BCUT2D eigenvalue weighted by molar-refractivity contribution is 0.476. The molecule has 1 aromatic heterocycles. The predicted octanol–water partition coefficient (Wildman–Crippen LogP) is 4.64. The lowest BCUT2D eigenvalue weighted by atomic mass is 10.0. The van der Waals surface area contributed by atoms with E-state index in [1.165, 1.54) is 0 Å². The average molecular weight is 285 g/mol. The van der Waals surface area contributed by atoms with E-state index >= 15 is 0 Å². The van der Waals surface area contributed by atoms with E-state index in [1.54, 1.807) is 18.2 Å². The van der Waals surface area contributed by atoms with Crippen LogP contribution in [0.15, 0.2) is 54.6 Å². The second kappa shape index (κ2) is 4.61. The van der Waals surface area contributed by atoms with Gasteiger partial charge in [0, 0.05) is 10.9 Å². The minimum absolute atomic E-state index is 0.257. The van der Waals surface area contributed by atoms with Crippen LogP contribution in [0.25, 0.3) is 37.8 Å². The molecule has 4 aromatic rings. The highest BCUT2D eigenvalue weighted by atomic mass is 16.3. The molecule has 0 atom stereocenters. The molecule has 0 saturated heterocycles. The highest BCUT2D eigenvalue weighted by Gasteiger charge is 2.09. The van der Waals surface area contributed by atoms with Crippen LogP contribution in [0.2, 0.25) is 0 Å². The zero-order valence-electron chi connectivity index (χ0n) is 11.5. The lowest BCUT2D eigenvalue weighted by Crippen LogP contribution is -1.80. The molecule has 0 aliphatic carbocycles. The molecule has 4 nitrogen and oxygen atoms in total. The van der Waals surface area contributed by atoms with E-state index < -0.39 is 0 Å². The number of hydrogen-bond acceptors (Lipinski definition) is 2. The van der Waals surface area contributed by atoms with E-state index in [-0.39, 0.29) is 5.75 Å². The summed E-state index contributed by atoms with van der Waals surface area (Å²) in [5.41, 5.74) is 3.32. The van der Waals surface area contributed by atoms with Crippen molar-refractivity contribution in [2.24, 2.45) is 0 Å². The number of benzene rings is 3. The number of nitrogens with one attached hydrogen (secondary N) is 1.